The summed E-state index contributed by atoms with van der Waals surface area (Å²) in [6.45, 7) is 0. The Morgan fingerprint density at radius 2 is 2.11 bits per heavy atom. The molecule has 0 atom stereocenters. The van der Waals surface area contributed by atoms with Crippen LogP contribution in [-0.2, 0) is 10.0 Å². The van der Waals surface area contributed by atoms with E-state index in [1.165, 1.54) is 12.1 Å². The molecule has 4 nitrogen and oxygen atoms in total. The van der Waals surface area contributed by atoms with E-state index >= 15 is 0 Å². The Labute approximate surface area is 117 Å². The van der Waals surface area contributed by atoms with Crippen molar-refractivity contribution in [2.24, 2.45) is 4.40 Å². The number of benzene rings is 1. The molecule has 0 fully saturated rings. The predicted octanol–water partition coefficient (Wildman–Crippen LogP) is 3.02. The van der Waals surface area contributed by atoms with E-state index in [0.29, 0.717) is 5.56 Å². The van der Waals surface area contributed by atoms with Gasteiger partial charge in [-0.25, -0.2) is 0 Å². The van der Waals surface area contributed by atoms with Crippen LogP contribution in [0.5, 0.6) is 5.75 Å². The highest BCUT2D eigenvalue weighted by Crippen LogP contribution is 2.22. The SMILES string of the molecule is O=S(=O)(/N=C\c1cc(Br)ccc1O)c1cccs1. The van der Waals surface area contributed by atoms with Crippen LogP contribution in [0.4, 0.5) is 0 Å². The van der Waals surface area contributed by atoms with Crippen molar-refractivity contribution in [2.75, 3.05) is 0 Å². The van der Waals surface area contributed by atoms with Gasteiger partial charge in [-0.2, -0.15) is 12.8 Å². The van der Waals surface area contributed by atoms with Gasteiger partial charge in [-0.15, -0.1) is 11.3 Å². The molecule has 0 saturated carbocycles. The third-order valence-electron chi connectivity index (χ3n) is 2.07. The fourth-order valence-corrected chi connectivity index (χ4v) is 3.43. The van der Waals surface area contributed by atoms with Crippen LogP contribution in [-0.4, -0.2) is 19.7 Å². The zero-order valence-electron chi connectivity index (χ0n) is 8.95. The van der Waals surface area contributed by atoms with E-state index < -0.39 is 10.0 Å². The lowest BCUT2D eigenvalue weighted by Gasteiger charge is -1.99. The van der Waals surface area contributed by atoms with Gasteiger partial charge in [0.15, 0.2) is 0 Å². The highest BCUT2D eigenvalue weighted by Gasteiger charge is 2.12. The van der Waals surface area contributed by atoms with Crippen LogP contribution in [0.15, 0.2) is 48.8 Å². The molecule has 0 aliphatic carbocycles. The maximum absolute atomic E-state index is 11.8. The topological polar surface area (TPSA) is 66.7 Å². The second kappa shape index (κ2) is 5.21. The summed E-state index contributed by atoms with van der Waals surface area (Å²) in [4.78, 5) is 0. The number of hydrogen-bond acceptors (Lipinski definition) is 4. The average Bonchev–Trinajstić information content (AvgIpc) is 2.85. The van der Waals surface area contributed by atoms with E-state index in [1.54, 1.807) is 23.6 Å². The van der Waals surface area contributed by atoms with Crippen LogP contribution in [0.2, 0.25) is 0 Å². The van der Waals surface area contributed by atoms with Crippen molar-refractivity contribution in [3.05, 3.63) is 45.7 Å². The molecule has 2 aromatic rings. The van der Waals surface area contributed by atoms with Crippen LogP contribution in [0.1, 0.15) is 5.56 Å². The van der Waals surface area contributed by atoms with Gasteiger partial charge in [0.25, 0.3) is 10.0 Å². The first-order valence-electron chi connectivity index (χ1n) is 4.81. The molecule has 2 rings (SSSR count). The summed E-state index contributed by atoms with van der Waals surface area (Å²) < 4.78 is 28.0. The molecule has 1 N–H and O–H groups in total. The molecule has 1 aromatic carbocycles. The van der Waals surface area contributed by atoms with Crippen LogP contribution in [0.25, 0.3) is 0 Å². The first-order chi connectivity index (χ1) is 8.49. The molecule has 0 bridgehead atoms. The van der Waals surface area contributed by atoms with E-state index in [-0.39, 0.29) is 9.96 Å². The molecule has 7 heteroatoms. The molecule has 1 heterocycles. The molecular formula is C11H8BrNO3S2. The Morgan fingerprint density at radius 1 is 1.33 bits per heavy atom. The smallest absolute Gasteiger partial charge is 0.291 e. The van der Waals surface area contributed by atoms with Crippen LogP contribution in [0, 0.1) is 0 Å². The number of sulfonamides is 1. The van der Waals surface area contributed by atoms with Crippen molar-refractivity contribution in [2.45, 2.75) is 4.21 Å². The molecule has 0 spiro atoms. The third kappa shape index (κ3) is 2.98. The number of aromatic hydroxyl groups is 1. The Hall–Kier alpha value is -1.18. The van der Waals surface area contributed by atoms with Gasteiger partial charge in [0, 0.05) is 10.0 Å². The molecule has 94 valence electrons. The van der Waals surface area contributed by atoms with Crippen molar-refractivity contribution in [1.29, 1.82) is 0 Å². The number of nitrogens with zero attached hydrogens (tertiary/aromatic N) is 1. The maximum atomic E-state index is 11.8. The van der Waals surface area contributed by atoms with E-state index in [9.17, 15) is 13.5 Å². The number of thiophene rings is 1. The predicted molar refractivity (Wildman–Crippen MR) is 74.9 cm³/mol. The monoisotopic (exact) mass is 345 g/mol. The molecule has 18 heavy (non-hydrogen) atoms. The summed E-state index contributed by atoms with van der Waals surface area (Å²) in [5, 5.41) is 11.2. The van der Waals surface area contributed by atoms with Crippen molar-refractivity contribution >= 4 is 43.5 Å². The minimum Gasteiger partial charge on any atom is -0.507 e. The standard InChI is InChI=1S/C11H8BrNO3S2/c12-9-3-4-10(14)8(6-9)7-13-18(15,16)11-2-1-5-17-11/h1-7,14H/b13-7-. The molecular weight excluding hydrogens is 338 g/mol. The molecule has 0 radical (unpaired) electrons. The van der Waals surface area contributed by atoms with Gasteiger partial charge in [-0.3, -0.25) is 0 Å². The minimum atomic E-state index is -3.68. The van der Waals surface area contributed by atoms with E-state index in [0.717, 1.165) is 22.0 Å². The summed E-state index contributed by atoms with van der Waals surface area (Å²) >= 11 is 4.33. The summed E-state index contributed by atoms with van der Waals surface area (Å²) in [5.74, 6) is -0.0247. The van der Waals surface area contributed by atoms with Gasteiger partial charge in [0.1, 0.15) is 9.96 Å². The van der Waals surface area contributed by atoms with Gasteiger partial charge < -0.3 is 5.11 Å². The summed E-state index contributed by atoms with van der Waals surface area (Å²) in [5.41, 5.74) is 0.338. The third-order valence-corrected chi connectivity index (χ3v) is 5.17. The summed E-state index contributed by atoms with van der Waals surface area (Å²) in [7, 11) is -3.68. The molecule has 0 amide bonds. The number of phenolic OH excluding ortho intramolecular Hbond substituents is 1. The Kier molecular flexibility index (Phi) is 3.84. The second-order valence-corrected chi connectivity index (χ2v) is 7.07. The molecule has 0 unspecified atom stereocenters. The molecule has 0 aliphatic rings. The fraction of sp³-hybridized carbons (Fsp3) is 0. The van der Waals surface area contributed by atoms with Crippen LogP contribution >= 0.6 is 27.3 Å². The quantitative estimate of drug-likeness (QED) is 0.869. The second-order valence-electron chi connectivity index (χ2n) is 3.34. The van der Waals surface area contributed by atoms with E-state index in [2.05, 4.69) is 20.3 Å². The number of phenols is 1. The highest BCUT2D eigenvalue weighted by molar-refractivity contribution is 9.10. The van der Waals surface area contributed by atoms with Gasteiger partial charge in [0.2, 0.25) is 0 Å². The normalized spacial score (nSPS) is 12.1. The lowest BCUT2D eigenvalue weighted by atomic mass is 10.2. The summed E-state index contributed by atoms with van der Waals surface area (Å²) in [6.07, 6.45) is 1.13. The highest BCUT2D eigenvalue weighted by atomic mass is 79.9. The van der Waals surface area contributed by atoms with Gasteiger partial charge >= 0.3 is 0 Å². The van der Waals surface area contributed by atoms with Crippen molar-refractivity contribution in [3.63, 3.8) is 0 Å². The zero-order chi connectivity index (χ0) is 13.2. The summed E-state index contributed by atoms with van der Waals surface area (Å²) in [6, 6.07) is 7.83. The first kappa shape index (κ1) is 13.3. The number of halogens is 1. The average molecular weight is 346 g/mol. The van der Waals surface area contributed by atoms with Crippen molar-refractivity contribution < 1.29 is 13.5 Å². The lowest BCUT2D eigenvalue weighted by molar-refractivity contribution is 0.474. The first-order valence-corrected chi connectivity index (χ1v) is 7.93. The molecule has 1 aromatic heterocycles. The van der Waals surface area contributed by atoms with Crippen molar-refractivity contribution in [1.82, 2.24) is 0 Å². The number of hydrogen-bond donors (Lipinski definition) is 1. The molecule has 0 saturated heterocycles. The minimum absolute atomic E-state index is 0.0247. The van der Waals surface area contributed by atoms with Crippen molar-refractivity contribution in [3.8, 4) is 5.75 Å². The van der Waals surface area contributed by atoms with Gasteiger partial charge in [-0.05, 0) is 29.6 Å². The fourth-order valence-electron chi connectivity index (χ4n) is 1.22. The Balaban J connectivity index is 2.34. The lowest BCUT2D eigenvalue weighted by Crippen LogP contribution is -1.95. The van der Waals surface area contributed by atoms with Crippen LogP contribution < -0.4 is 0 Å². The largest absolute Gasteiger partial charge is 0.507 e. The van der Waals surface area contributed by atoms with Gasteiger partial charge in [-0.1, -0.05) is 22.0 Å². The van der Waals surface area contributed by atoms with Gasteiger partial charge in [0.05, 0.1) is 6.21 Å². The van der Waals surface area contributed by atoms with E-state index in [4.69, 9.17) is 0 Å². The Morgan fingerprint density at radius 3 is 2.78 bits per heavy atom. The van der Waals surface area contributed by atoms with Crippen LogP contribution in [0.3, 0.4) is 0 Å². The Bertz CT molecular complexity index is 678. The van der Waals surface area contributed by atoms with E-state index in [1.807, 2.05) is 0 Å². The maximum Gasteiger partial charge on any atom is 0.291 e. The zero-order valence-corrected chi connectivity index (χ0v) is 12.2. The molecule has 0 aliphatic heterocycles. The number of rotatable bonds is 3.